The minimum atomic E-state index is -0.422. The first-order valence-corrected chi connectivity index (χ1v) is 13.4. The summed E-state index contributed by atoms with van der Waals surface area (Å²) < 4.78 is 4.71. The molecule has 0 bridgehead atoms. The van der Waals surface area contributed by atoms with E-state index in [0.717, 1.165) is 59.3 Å². The van der Waals surface area contributed by atoms with Crippen molar-refractivity contribution in [3.8, 4) is 17.2 Å². The van der Waals surface area contributed by atoms with Crippen molar-refractivity contribution in [2.24, 2.45) is 5.92 Å². The van der Waals surface area contributed by atoms with Crippen molar-refractivity contribution in [1.82, 2.24) is 0 Å². The van der Waals surface area contributed by atoms with E-state index in [1.165, 1.54) is 19.6 Å². The molecule has 6 nitrogen and oxygen atoms in total. The summed E-state index contributed by atoms with van der Waals surface area (Å²) in [5.74, 6) is -0.258. The summed E-state index contributed by atoms with van der Waals surface area (Å²) >= 11 is 0. The first-order valence-electron chi connectivity index (χ1n) is 13.4. The average Bonchev–Trinajstić information content (AvgIpc) is 2.98. The summed E-state index contributed by atoms with van der Waals surface area (Å²) in [6.07, 6.45) is 8.26. The van der Waals surface area contributed by atoms with Gasteiger partial charge in [0.05, 0.1) is 24.9 Å². The second kappa shape index (κ2) is 12.9. The molecule has 200 valence electrons. The van der Waals surface area contributed by atoms with Crippen LogP contribution in [0.4, 0.5) is 11.4 Å². The molecule has 6 heteroatoms. The fourth-order valence-corrected chi connectivity index (χ4v) is 5.08. The zero-order chi connectivity index (χ0) is 27.8. The lowest BCUT2D eigenvalue weighted by molar-refractivity contribution is -0.134. The number of carbonyl (C=O) groups excluding carboxylic acids is 2. The van der Waals surface area contributed by atoms with Crippen LogP contribution in [-0.4, -0.2) is 33.1 Å². The Morgan fingerprint density at radius 3 is 2.36 bits per heavy atom. The molecular formula is C33H35N3O3. The molecule has 0 heterocycles. The van der Waals surface area contributed by atoms with Crippen LogP contribution < -0.4 is 9.80 Å². The van der Waals surface area contributed by atoms with Crippen molar-refractivity contribution >= 4 is 29.3 Å². The van der Waals surface area contributed by atoms with Gasteiger partial charge in [-0.1, -0.05) is 61.7 Å². The highest BCUT2D eigenvalue weighted by atomic mass is 16.5. The number of benzene rings is 3. The number of carbonyl (C=O) groups is 2. The lowest BCUT2D eigenvalue weighted by Crippen LogP contribution is -2.36. The van der Waals surface area contributed by atoms with Crippen LogP contribution in [0.2, 0.25) is 0 Å². The number of amides is 1. The zero-order valence-corrected chi connectivity index (χ0v) is 22.9. The fourth-order valence-electron chi connectivity index (χ4n) is 5.08. The summed E-state index contributed by atoms with van der Waals surface area (Å²) in [7, 11) is 5.20. The average molecular weight is 522 g/mol. The maximum absolute atomic E-state index is 13.8. The Morgan fingerprint density at radius 1 is 0.974 bits per heavy atom. The molecule has 1 aliphatic carbocycles. The molecule has 0 atom stereocenters. The van der Waals surface area contributed by atoms with E-state index in [9.17, 15) is 14.9 Å². The summed E-state index contributed by atoms with van der Waals surface area (Å²) in [5.41, 5.74) is 6.16. The molecule has 1 amide bonds. The lowest BCUT2D eigenvalue weighted by Gasteiger charge is -2.30. The summed E-state index contributed by atoms with van der Waals surface area (Å²) in [4.78, 5) is 29.2. The number of rotatable bonds is 8. The van der Waals surface area contributed by atoms with Crippen LogP contribution in [0.3, 0.4) is 0 Å². The summed E-state index contributed by atoms with van der Waals surface area (Å²) in [6, 6.07) is 24.1. The zero-order valence-electron chi connectivity index (χ0n) is 22.9. The number of ether oxygens (including phenoxy) is 1. The number of nitriles is 1. The van der Waals surface area contributed by atoms with Crippen LogP contribution in [0.1, 0.15) is 48.8 Å². The van der Waals surface area contributed by atoms with Crippen LogP contribution in [0.25, 0.3) is 17.2 Å². The van der Waals surface area contributed by atoms with Gasteiger partial charge in [-0.3, -0.25) is 4.79 Å². The molecule has 0 aromatic heterocycles. The van der Waals surface area contributed by atoms with E-state index < -0.39 is 5.97 Å². The Morgan fingerprint density at radius 2 is 1.69 bits per heavy atom. The Kier molecular flexibility index (Phi) is 9.17. The minimum Gasteiger partial charge on any atom is -0.466 e. The molecule has 0 spiro atoms. The van der Waals surface area contributed by atoms with Crippen LogP contribution in [0, 0.1) is 17.2 Å². The van der Waals surface area contributed by atoms with Crippen LogP contribution in [0.5, 0.6) is 0 Å². The van der Waals surface area contributed by atoms with Gasteiger partial charge < -0.3 is 14.5 Å². The van der Waals surface area contributed by atoms with E-state index in [1.807, 2.05) is 90.6 Å². The van der Waals surface area contributed by atoms with Gasteiger partial charge in [0, 0.05) is 31.8 Å². The van der Waals surface area contributed by atoms with E-state index in [1.54, 1.807) is 6.08 Å². The molecule has 4 rings (SSSR count). The predicted molar refractivity (Wildman–Crippen MR) is 156 cm³/mol. The standard InChI is InChI=1S/C33H35N3O3/c1-35(2)31-18-17-28(21-29(31)22-34)26-15-12-25(13-16-26)23-36(33(38)27-9-5-4-6-10-27)30-11-7-8-24(20-30)14-19-32(37)39-3/h7-8,11-21,27H,4-6,9-10,23H2,1-3H3/b19-14+. The Labute approximate surface area is 231 Å². The molecule has 3 aromatic rings. The molecule has 1 fully saturated rings. The predicted octanol–water partition coefficient (Wildman–Crippen LogP) is 6.59. The number of hydrogen-bond acceptors (Lipinski definition) is 5. The molecule has 0 aliphatic heterocycles. The highest BCUT2D eigenvalue weighted by molar-refractivity contribution is 5.95. The number of anilines is 2. The van der Waals surface area contributed by atoms with Crippen molar-refractivity contribution in [3.05, 3.63) is 89.5 Å². The van der Waals surface area contributed by atoms with E-state index in [4.69, 9.17) is 4.74 Å². The molecule has 0 unspecified atom stereocenters. The summed E-state index contributed by atoms with van der Waals surface area (Å²) in [5, 5.41) is 9.60. The van der Waals surface area contributed by atoms with Gasteiger partial charge in [-0.2, -0.15) is 5.26 Å². The Hall–Kier alpha value is -4.37. The largest absolute Gasteiger partial charge is 0.466 e. The minimum absolute atomic E-state index is 0.0203. The Balaban J connectivity index is 1.61. The third-order valence-electron chi connectivity index (χ3n) is 7.24. The van der Waals surface area contributed by atoms with E-state index in [0.29, 0.717) is 12.1 Å². The molecule has 0 radical (unpaired) electrons. The summed E-state index contributed by atoms with van der Waals surface area (Å²) in [6.45, 7) is 0.447. The van der Waals surface area contributed by atoms with E-state index in [-0.39, 0.29) is 11.8 Å². The normalized spacial score (nSPS) is 13.6. The highest BCUT2D eigenvalue weighted by Gasteiger charge is 2.27. The van der Waals surface area contributed by atoms with Crippen LogP contribution in [-0.2, 0) is 20.9 Å². The van der Waals surface area contributed by atoms with Crippen LogP contribution >= 0.6 is 0 Å². The van der Waals surface area contributed by atoms with Gasteiger partial charge in [-0.15, -0.1) is 0 Å². The first kappa shape index (κ1) is 27.7. The van der Waals surface area contributed by atoms with Gasteiger partial charge in [0.25, 0.3) is 0 Å². The Bertz CT molecular complexity index is 1380. The number of hydrogen-bond donors (Lipinski definition) is 0. The van der Waals surface area contributed by atoms with Gasteiger partial charge in [0.1, 0.15) is 6.07 Å². The van der Waals surface area contributed by atoms with Crippen molar-refractivity contribution < 1.29 is 14.3 Å². The number of esters is 1. The number of methoxy groups -OCH3 is 1. The van der Waals surface area contributed by atoms with E-state index >= 15 is 0 Å². The molecule has 1 saturated carbocycles. The molecule has 3 aromatic carbocycles. The third-order valence-corrected chi connectivity index (χ3v) is 7.24. The highest BCUT2D eigenvalue weighted by Crippen LogP contribution is 2.31. The van der Waals surface area contributed by atoms with Crippen molar-refractivity contribution in [3.63, 3.8) is 0 Å². The fraction of sp³-hybridized carbons (Fsp3) is 0.303. The lowest BCUT2D eigenvalue weighted by atomic mass is 9.88. The first-order chi connectivity index (χ1) is 18.9. The maximum atomic E-state index is 13.8. The second-order valence-corrected chi connectivity index (χ2v) is 10.1. The molecule has 0 N–H and O–H groups in total. The smallest absolute Gasteiger partial charge is 0.330 e. The van der Waals surface area contributed by atoms with E-state index in [2.05, 4.69) is 6.07 Å². The topological polar surface area (TPSA) is 73.6 Å². The second-order valence-electron chi connectivity index (χ2n) is 10.1. The molecule has 39 heavy (non-hydrogen) atoms. The van der Waals surface area contributed by atoms with Crippen molar-refractivity contribution in [2.75, 3.05) is 31.0 Å². The molecule has 0 saturated heterocycles. The van der Waals surface area contributed by atoms with Gasteiger partial charge in [-0.25, -0.2) is 4.79 Å². The molecule has 1 aliphatic rings. The maximum Gasteiger partial charge on any atom is 0.330 e. The van der Waals surface area contributed by atoms with Gasteiger partial charge in [0.15, 0.2) is 0 Å². The third kappa shape index (κ3) is 6.94. The molecular weight excluding hydrogens is 486 g/mol. The number of nitrogens with zero attached hydrogens (tertiary/aromatic N) is 3. The monoisotopic (exact) mass is 521 g/mol. The van der Waals surface area contributed by atoms with Crippen molar-refractivity contribution in [2.45, 2.75) is 38.6 Å². The van der Waals surface area contributed by atoms with Crippen LogP contribution in [0.15, 0.2) is 72.8 Å². The quantitative estimate of drug-likeness (QED) is 0.247. The van der Waals surface area contributed by atoms with Crippen molar-refractivity contribution in [1.29, 1.82) is 5.26 Å². The van der Waals surface area contributed by atoms with Gasteiger partial charge >= 0.3 is 5.97 Å². The SMILES string of the molecule is COC(=O)/C=C/c1cccc(N(Cc2ccc(-c3ccc(N(C)C)c(C#N)c3)cc2)C(=O)C2CCCCC2)c1. The van der Waals surface area contributed by atoms with Gasteiger partial charge in [0.2, 0.25) is 5.91 Å². The van der Waals surface area contributed by atoms with Gasteiger partial charge in [-0.05, 0) is 65.4 Å².